The van der Waals surface area contributed by atoms with E-state index >= 15 is 0 Å². The monoisotopic (exact) mass is 293 g/mol. The largest absolute Gasteiger partial charge is 0.361 e. The van der Waals surface area contributed by atoms with E-state index in [0.717, 1.165) is 39.2 Å². The molecule has 2 heterocycles. The lowest BCUT2D eigenvalue weighted by atomic mass is 10.3. The van der Waals surface area contributed by atoms with Gasteiger partial charge in [0.05, 0.1) is 15.2 Å². The number of rotatable bonds is 4. The van der Waals surface area contributed by atoms with Gasteiger partial charge < -0.3 is 5.32 Å². The standard InChI is InChI=1S/C12H12ClN5S/c1-18-7-15-10(17-18)5-6-14-12-16-9-4-2-3-8(13)11(9)19-12/h2-4,7H,5-6H2,1H3,(H,14,16). The first-order valence-corrected chi connectivity index (χ1v) is 7.05. The number of fused-ring (bicyclic) bond motifs is 1. The van der Waals surface area contributed by atoms with Crippen molar-refractivity contribution in [3.8, 4) is 0 Å². The second-order valence-corrected chi connectivity index (χ2v) is 5.52. The van der Waals surface area contributed by atoms with Gasteiger partial charge in [0.2, 0.25) is 0 Å². The summed E-state index contributed by atoms with van der Waals surface area (Å²) >= 11 is 7.69. The minimum absolute atomic E-state index is 0.745. The fourth-order valence-electron chi connectivity index (χ4n) is 1.77. The quantitative estimate of drug-likeness (QED) is 0.803. The van der Waals surface area contributed by atoms with Crippen molar-refractivity contribution in [1.82, 2.24) is 19.7 Å². The number of hydrogen-bond donors (Lipinski definition) is 1. The van der Waals surface area contributed by atoms with Crippen molar-refractivity contribution in [1.29, 1.82) is 0 Å². The van der Waals surface area contributed by atoms with Gasteiger partial charge in [-0.3, -0.25) is 4.68 Å². The minimum Gasteiger partial charge on any atom is -0.361 e. The topological polar surface area (TPSA) is 55.6 Å². The van der Waals surface area contributed by atoms with Crippen molar-refractivity contribution in [2.75, 3.05) is 11.9 Å². The van der Waals surface area contributed by atoms with E-state index in [0.29, 0.717) is 0 Å². The Morgan fingerprint density at radius 2 is 2.32 bits per heavy atom. The molecular formula is C12H12ClN5S. The van der Waals surface area contributed by atoms with Gasteiger partial charge in [0, 0.05) is 20.0 Å². The molecule has 7 heteroatoms. The summed E-state index contributed by atoms with van der Waals surface area (Å²) in [6.45, 7) is 0.751. The number of aryl methyl sites for hydroxylation is 1. The summed E-state index contributed by atoms with van der Waals surface area (Å²) in [6.07, 6.45) is 2.47. The van der Waals surface area contributed by atoms with Crippen molar-refractivity contribution >= 4 is 38.3 Å². The van der Waals surface area contributed by atoms with Crippen LogP contribution in [0.15, 0.2) is 24.5 Å². The first-order chi connectivity index (χ1) is 9.22. The molecule has 0 bridgehead atoms. The highest BCUT2D eigenvalue weighted by Crippen LogP contribution is 2.31. The van der Waals surface area contributed by atoms with Crippen LogP contribution in [-0.2, 0) is 13.5 Å². The third-order valence-electron chi connectivity index (χ3n) is 2.64. The van der Waals surface area contributed by atoms with Crippen LogP contribution in [0, 0.1) is 0 Å². The van der Waals surface area contributed by atoms with E-state index in [-0.39, 0.29) is 0 Å². The molecule has 0 unspecified atom stereocenters. The van der Waals surface area contributed by atoms with E-state index in [4.69, 9.17) is 11.6 Å². The highest BCUT2D eigenvalue weighted by atomic mass is 35.5. The normalized spacial score (nSPS) is 11.1. The van der Waals surface area contributed by atoms with Crippen molar-refractivity contribution in [3.05, 3.63) is 35.4 Å². The zero-order valence-electron chi connectivity index (χ0n) is 10.3. The molecule has 98 valence electrons. The molecule has 0 amide bonds. The summed E-state index contributed by atoms with van der Waals surface area (Å²) in [4.78, 5) is 8.66. The molecule has 0 saturated heterocycles. The second kappa shape index (κ2) is 5.14. The number of nitrogens with one attached hydrogen (secondary N) is 1. The van der Waals surface area contributed by atoms with Crippen LogP contribution in [0.2, 0.25) is 5.02 Å². The van der Waals surface area contributed by atoms with Gasteiger partial charge in [-0.15, -0.1) is 0 Å². The number of nitrogens with zero attached hydrogens (tertiary/aromatic N) is 4. The summed E-state index contributed by atoms with van der Waals surface area (Å²) < 4.78 is 2.72. The highest BCUT2D eigenvalue weighted by Gasteiger charge is 2.06. The average molecular weight is 294 g/mol. The maximum atomic E-state index is 6.12. The second-order valence-electron chi connectivity index (χ2n) is 4.12. The van der Waals surface area contributed by atoms with Crippen LogP contribution >= 0.6 is 22.9 Å². The Labute approximate surface area is 119 Å². The summed E-state index contributed by atoms with van der Waals surface area (Å²) in [5.41, 5.74) is 0.927. The number of benzene rings is 1. The van der Waals surface area contributed by atoms with E-state index in [1.165, 1.54) is 0 Å². The first kappa shape index (κ1) is 12.4. The minimum atomic E-state index is 0.745. The maximum absolute atomic E-state index is 6.12. The predicted octanol–water partition coefficient (Wildman–Crippen LogP) is 2.73. The smallest absolute Gasteiger partial charge is 0.183 e. The molecule has 2 aromatic heterocycles. The molecule has 3 aromatic rings. The number of hydrogen-bond acceptors (Lipinski definition) is 5. The lowest BCUT2D eigenvalue weighted by Crippen LogP contribution is -2.06. The Morgan fingerprint density at radius 3 is 3.05 bits per heavy atom. The van der Waals surface area contributed by atoms with E-state index in [2.05, 4.69) is 20.4 Å². The van der Waals surface area contributed by atoms with Gasteiger partial charge in [-0.05, 0) is 12.1 Å². The summed E-state index contributed by atoms with van der Waals surface area (Å²) in [7, 11) is 1.86. The summed E-state index contributed by atoms with van der Waals surface area (Å²) in [6, 6.07) is 5.75. The van der Waals surface area contributed by atoms with Gasteiger partial charge in [0.15, 0.2) is 11.0 Å². The van der Waals surface area contributed by atoms with Crippen molar-refractivity contribution < 1.29 is 0 Å². The molecule has 0 aliphatic heterocycles. The third kappa shape index (κ3) is 2.69. The van der Waals surface area contributed by atoms with Gasteiger partial charge in [-0.25, -0.2) is 9.97 Å². The highest BCUT2D eigenvalue weighted by molar-refractivity contribution is 7.22. The van der Waals surface area contributed by atoms with Gasteiger partial charge >= 0.3 is 0 Å². The zero-order valence-corrected chi connectivity index (χ0v) is 11.9. The molecule has 0 aliphatic rings. The lowest BCUT2D eigenvalue weighted by Gasteiger charge is -1.98. The van der Waals surface area contributed by atoms with Crippen molar-refractivity contribution in [2.24, 2.45) is 7.05 Å². The molecule has 0 aliphatic carbocycles. The molecule has 0 radical (unpaired) electrons. The fourth-order valence-corrected chi connectivity index (χ4v) is 2.95. The van der Waals surface area contributed by atoms with Crippen LogP contribution in [0.25, 0.3) is 10.2 Å². The van der Waals surface area contributed by atoms with E-state index < -0.39 is 0 Å². The maximum Gasteiger partial charge on any atom is 0.183 e. The fraction of sp³-hybridized carbons (Fsp3) is 0.250. The number of halogens is 1. The van der Waals surface area contributed by atoms with Crippen molar-refractivity contribution in [2.45, 2.75) is 6.42 Å². The van der Waals surface area contributed by atoms with Gasteiger partial charge in [0.25, 0.3) is 0 Å². The Balaban J connectivity index is 1.67. The predicted molar refractivity (Wildman–Crippen MR) is 77.8 cm³/mol. The van der Waals surface area contributed by atoms with E-state index in [1.807, 2.05) is 25.2 Å². The van der Waals surface area contributed by atoms with Gasteiger partial charge in [-0.1, -0.05) is 29.0 Å². The molecule has 19 heavy (non-hydrogen) atoms. The zero-order chi connectivity index (χ0) is 13.2. The number of aromatic nitrogens is 4. The Hall–Kier alpha value is -1.66. The molecule has 5 nitrogen and oxygen atoms in total. The number of thiazole rings is 1. The van der Waals surface area contributed by atoms with Crippen LogP contribution in [0.5, 0.6) is 0 Å². The SMILES string of the molecule is Cn1cnc(CCNc2nc3cccc(Cl)c3s2)n1. The van der Waals surface area contributed by atoms with Crippen LogP contribution in [0.1, 0.15) is 5.82 Å². The Kier molecular flexibility index (Phi) is 3.35. The average Bonchev–Trinajstić information content (AvgIpc) is 2.97. The molecule has 0 atom stereocenters. The summed E-state index contributed by atoms with van der Waals surface area (Å²) in [5, 5.41) is 9.12. The Bertz CT molecular complexity index is 705. The first-order valence-electron chi connectivity index (χ1n) is 5.86. The van der Waals surface area contributed by atoms with Crippen LogP contribution in [-0.4, -0.2) is 26.3 Å². The lowest BCUT2D eigenvalue weighted by molar-refractivity contribution is 0.742. The van der Waals surface area contributed by atoms with Crippen molar-refractivity contribution in [3.63, 3.8) is 0 Å². The Morgan fingerprint density at radius 1 is 1.42 bits per heavy atom. The molecule has 1 N–H and O–H groups in total. The van der Waals surface area contributed by atoms with Gasteiger partial charge in [-0.2, -0.15) is 5.10 Å². The molecule has 3 rings (SSSR count). The van der Waals surface area contributed by atoms with Gasteiger partial charge in [0.1, 0.15) is 6.33 Å². The van der Waals surface area contributed by atoms with E-state index in [9.17, 15) is 0 Å². The summed E-state index contributed by atoms with van der Waals surface area (Å²) in [5.74, 6) is 0.828. The van der Waals surface area contributed by atoms with Crippen LogP contribution in [0.4, 0.5) is 5.13 Å². The van der Waals surface area contributed by atoms with E-state index in [1.54, 1.807) is 22.3 Å². The molecule has 0 spiro atoms. The molecular weight excluding hydrogens is 282 g/mol. The van der Waals surface area contributed by atoms with Crippen LogP contribution < -0.4 is 5.32 Å². The number of anilines is 1. The molecule has 1 aromatic carbocycles. The molecule has 0 fully saturated rings. The van der Waals surface area contributed by atoms with Crippen LogP contribution in [0.3, 0.4) is 0 Å². The third-order valence-corrected chi connectivity index (χ3v) is 4.13. The molecule has 0 saturated carbocycles.